The zero-order valence-electron chi connectivity index (χ0n) is 15.2. The molecule has 0 heterocycles. The number of likely N-dealkylation sites (N-methyl/N-ethyl adjacent to an activating group) is 1. The van der Waals surface area contributed by atoms with Crippen LogP contribution >= 0.6 is 0 Å². The molecule has 0 aliphatic rings. The number of allylic oxidation sites excluding steroid dienone is 2. The molecule has 0 amide bonds. The Balaban J connectivity index is 4.71. The van der Waals surface area contributed by atoms with Gasteiger partial charge < -0.3 is 14.7 Å². The average Bonchev–Trinajstić information content (AvgIpc) is 2.47. The van der Waals surface area contributed by atoms with Gasteiger partial charge in [0.25, 0.3) is 0 Å². The maximum absolute atomic E-state index is 12.2. The van der Waals surface area contributed by atoms with Crippen molar-refractivity contribution in [3.63, 3.8) is 0 Å². The van der Waals surface area contributed by atoms with Crippen LogP contribution in [-0.2, 0) is 19.1 Å². The van der Waals surface area contributed by atoms with E-state index in [4.69, 9.17) is 9.47 Å². The topological polar surface area (TPSA) is 76.1 Å². The van der Waals surface area contributed by atoms with Gasteiger partial charge in [0.05, 0.1) is 0 Å². The highest BCUT2D eigenvalue weighted by atomic mass is 16.6. The van der Waals surface area contributed by atoms with Gasteiger partial charge in [-0.05, 0) is 24.3 Å². The predicted octanol–water partition coefficient (Wildman–Crippen LogP) is 2.89. The number of hydrogen-bond donors (Lipinski definition) is 1. The summed E-state index contributed by atoms with van der Waals surface area (Å²) in [5.74, 6) is -1.35. The summed E-state index contributed by atoms with van der Waals surface area (Å²) in [6.07, 6.45) is 4.07. The summed E-state index contributed by atoms with van der Waals surface area (Å²) < 4.78 is 10.2. The Hall–Kier alpha value is -1.92. The standard InChI is InChI=1S/C18H29NO5/c1-8-10-14(9-2)12-23-16(20)13(3)24-17(21)15(19(7)22)11-18(4,5)6/h8-10,13,15,22H,1-2,11-12H2,3-7H3/b14-10+/t13-,15+/m1/s1. The van der Waals surface area contributed by atoms with Gasteiger partial charge in [0.1, 0.15) is 12.6 Å². The highest BCUT2D eigenvalue weighted by molar-refractivity contribution is 5.81. The van der Waals surface area contributed by atoms with Gasteiger partial charge >= 0.3 is 11.9 Å². The summed E-state index contributed by atoms with van der Waals surface area (Å²) in [7, 11) is 1.37. The maximum Gasteiger partial charge on any atom is 0.347 e. The summed E-state index contributed by atoms with van der Waals surface area (Å²) in [6, 6.07) is -0.857. The lowest BCUT2D eigenvalue weighted by Gasteiger charge is -2.28. The van der Waals surface area contributed by atoms with Crippen molar-refractivity contribution in [3.05, 3.63) is 37.0 Å². The molecule has 0 aromatic heterocycles. The molecule has 0 rings (SSSR count). The second kappa shape index (κ2) is 10.1. The molecule has 24 heavy (non-hydrogen) atoms. The summed E-state index contributed by atoms with van der Waals surface area (Å²) in [6.45, 7) is 14.4. The highest BCUT2D eigenvalue weighted by Crippen LogP contribution is 2.23. The van der Waals surface area contributed by atoms with Crippen LogP contribution in [0.15, 0.2) is 37.0 Å². The molecule has 0 fully saturated rings. The fourth-order valence-electron chi connectivity index (χ4n) is 1.85. The van der Waals surface area contributed by atoms with Gasteiger partial charge in [-0.25, -0.2) is 4.79 Å². The van der Waals surface area contributed by atoms with Crippen molar-refractivity contribution in [2.45, 2.75) is 46.3 Å². The maximum atomic E-state index is 12.2. The molecule has 0 saturated carbocycles. The SMILES string of the molecule is C=C/C=C(\C=C)COC(=O)[C@@H](C)OC(=O)[C@H](CC(C)(C)C)N(C)O. The zero-order valence-corrected chi connectivity index (χ0v) is 15.2. The number of nitrogens with zero attached hydrogens (tertiary/aromatic N) is 1. The molecular weight excluding hydrogens is 310 g/mol. The van der Waals surface area contributed by atoms with Crippen LogP contribution in [0.2, 0.25) is 0 Å². The average molecular weight is 339 g/mol. The Morgan fingerprint density at radius 3 is 2.25 bits per heavy atom. The first-order valence-corrected chi connectivity index (χ1v) is 7.74. The van der Waals surface area contributed by atoms with Crippen LogP contribution in [0.4, 0.5) is 0 Å². The molecular formula is C18H29NO5. The predicted molar refractivity (Wildman–Crippen MR) is 92.4 cm³/mol. The van der Waals surface area contributed by atoms with Crippen LogP contribution in [0.5, 0.6) is 0 Å². The van der Waals surface area contributed by atoms with Crippen molar-refractivity contribution in [1.82, 2.24) is 5.06 Å². The number of hydrogen-bond acceptors (Lipinski definition) is 6. The second-order valence-electron chi connectivity index (χ2n) is 6.72. The Kier molecular flexibility index (Phi) is 9.25. The molecule has 0 radical (unpaired) electrons. The molecule has 0 bridgehead atoms. The number of carbonyl (C=O) groups excluding carboxylic acids is 2. The molecule has 6 nitrogen and oxygen atoms in total. The van der Waals surface area contributed by atoms with Crippen LogP contribution in [0.25, 0.3) is 0 Å². The van der Waals surface area contributed by atoms with E-state index in [-0.39, 0.29) is 12.0 Å². The van der Waals surface area contributed by atoms with Crippen LogP contribution in [0.1, 0.15) is 34.1 Å². The molecule has 6 heteroatoms. The second-order valence-corrected chi connectivity index (χ2v) is 6.72. The lowest BCUT2D eigenvalue weighted by atomic mass is 9.88. The van der Waals surface area contributed by atoms with Crippen molar-refractivity contribution in [3.8, 4) is 0 Å². The van der Waals surface area contributed by atoms with E-state index in [1.54, 1.807) is 18.2 Å². The van der Waals surface area contributed by atoms with Gasteiger partial charge in [-0.15, -0.1) is 0 Å². The summed E-state index contributed by atoms with van der Waals surface area (Å²) in [5.41, 5.74) is 0.483. The normalized spacial score (nSPS) is 14.7. The number of carbonyl (C=O) groups is 2. The smallest absolute Gasteiger partial charge is 0.347 e. The van der Waals surface area contributed by atoms with Gasteiger partial charge in [0, 0.05) is 7.05 Å². The minimum absolute atomic E-state index is 0.0154. The van der Waals surface area contributed by atoms with E-state index in [9.17, 15) is 14.8 Å². The summed E-state index contributed by atoms with van der Waals surface area (Å²) in [5, 5.41) is 10.5. The van der Waals surface area contributed by atoms with E-state index in [2.05, 4.69) is 13.2 Å². The Morgan fingerprint density at radius 2 is 1.83 bits per heavy atom. The molecule has 0 unspecified atom stereocenters. The molecule has 0 aromatic rings. The van der Waals surface area contributed by atoms with E-state index < -0.39 is 24.1 Å². The molecule has 0 spiro atoms. The molecule has 136 valence electrons. The van der Waals surface area contributed by atoms with E-state index >= 15 is 0 Å². The molecule has 0 aliphatic heterocycles. The van der Waals surface area contributed by atoms with Crippen molar-refractivity contribution >= 4 is 11.9 Å². The fourth-order valence-corrected chi connectivity index (χ4v) is 1.85. The number of ether oxygens (including phenoxy) is 2. The van der Waals surface area contributed by atoms with E-state index in [1.165, 1.54) is 14.0 Å². The molecule has 0 aromatic carbocycles. The number of esters is 2. The van der Waals surface area contributed by atoms with Gasteiger partial charge in [0.2, 0.25) is 0 Å². The monoisotopic (exact) mass is 339 g/mol. The third kappa shape index (κ3) is 8.64. The quantitative estimate of drug-likeness (QED) is 0.395. The number of hydroxylamine groups is 2. The Labute approximate surface area is 144 Å². The van der Waals surface area contributed by atoms with Gasteiger partial charge in [-0.1, -0.05) is 52.2 Å². The van der Waals surface area contributed by atoms with Crippen LogP contribution in [0, 0.1) is 5.41 Å². The van der Waals surface area contributed by atoms with Crippen molar-refractivity contribution < 1.29 is 24.3 Å². The first-order chi connectivity index (χ1) is 11.0. The third-order valence-electron chi connectivity index (χ3n) is 3.13. The molecule has 0 saturated heterocycles. The van der Waals surface area contributed by atoms with E-state index in [0.717, 1.165) is 5.06 Å². The first kappa shape index (κ1) is 22.1. The summed E-state index contributed by atoms with van der Waals surface area (Å²) in [4.78, 5) is 24.1. The van der Waals surface area contributed by atoms with Gasteiger partial charge in [-0.2, -0.15) is 5.06 Å². The van der Waals surface area contributed by atoms with Crippen molar-refractivity contribution in [2.75, 3.05) is 13.7 Å². The minimum atomic E-state index is -1.07. The molecule has 0 aliphatic carbocycles. The first-order valence-electron chi connectivity index (χ1n) is 7.74. The largest absolute Gasteiger partial charge is 0.458 e. The van der Waals surface area contributed by atoms with Gasteiger partial charge in [0.15, 0.2) is 6.10 Å². The molecule has 2 atom stereocenters. The van der Waals surface area contributed by atoms with Crippen LogP contribution in [-0.4, -0.2) is 48.0 Å². The lowest BCUT2D eigenvalue weighted by Crippen LogP contribution is -2.42. The minimum Gasteiger partial charge on any atom is -0.458 e. The van der Waals surface area contributed by atoms with Crippen LogP contribution < -0.4 is 0 Å². The van der Waals surface area contributed by atoms with Crippen LogP contribution in [0.3, 0.4) is 0 Å². The third-order valence-corrected chi connectivity index (χ3v) is 3.13. The molecule has 1 N–H and O–H groups in total. The van der Waals surface area contributed by atoms with Crippen molar-refractivity contribution in [1.29, 1.82) is 0 Å². The summed E-state index contributed by atoms with van der Waals surface area (Å²) >= 11 is 0. The zero-order chi connectivity index (χ0) is 18.9. The fraction of sp³-hybridized carbons (Fsp3) is 0.556. The number of rotatable bonds is 9. The van der Waals surface area contributed by atoms with E-state index in [0.29, 0.717) is 12.0 Å². The lowest BCUT2D eigenvalue weighted by molar-refractivity contribution is -0.182. The highest BCUT2D eigenvalue weighted by Gasteiger charge is 2.31. The Bertz CT molecular complexity index is 488. The van der Waals surface area contributed by atoms with Crippen molar-refractivity contribution in [2.24, 2.45) is 5.41 Å². The Morgan fingerprint density at radius 1 is 1.25 bits per heavy atom. The van der Waals surface area contributed by atoms with E-state index in [1.807, 2.05) is 20.8 Å². The van der Waals surface area contributed by atoms with Gasteiger partial charge in [-0.3, -0.25) is 4.79 Å².